The molecular weight excluding hydrogens is 1350 g/mol. The van der Waals surface area contributed by atoms with Gasteiger partial charge < -0.3 is 33.8 Å². The fourth-order valence-electron chi connectivity index (χ4n) is 13.2. The van der Waals surface area contributed by atoms with Crippen LogP contribution in [0.2, 0.25) is 0 Å². The van der Waals surface area contributed by atoms with Crippen LogP contribution in [-0.4, -0.2) is 96.7 Å². The summed E-state index contributed by atoms with van der Waals surface area (Å²) in [6.45, 7) is 9.68. The zero-order valence-corrected chi connectivity index (χ0v) is 70.1. The Balaban J connectivity index is 5.24. The van der Waals surface area contributed by atoms with Crippen molar-refractivity contribution in [3.8, 4) is 0 Å². The molecule has 0 aliphatic heterocycles. The first-order valence-electron chi connectivity index (χ1n) is 44.0. The molecule has 6 atom stereocenters. The first-order valence-corrected chi connectivity index (χ1v) is 47.0. The van der Waals surface area contributed by atoms with Crippen molar-refractivity contribution in [2.45, 2.75) is 471 Å². The molecule has 19 heteroatoms. The highest BCUT2D eigenvalue weighted by Gasteiger charge is 2.30. The number of phosphoric ester groups is 2. The Morgan fingerprint density at radius 1 is 0.279 bits per heavy atom. The second-order valence-electron chi connectivity index (χ2n) is 31.3. The van der Waals surface area contributed by atoms with E-state index in [1.807, 2.05) is 0 Å². The number of esters is 4. The van der Waals surface area contributed by atoms with Crippen LogP contribution in [0.1, 0.15) is 452 Å². The number of aliphatic hydroxyl groups is 1. The normalized spacial score (nSPS) is 14.1. The minimum absolute atomic E-state index is 0.108. The number of rotatable bonds is 84. The van der Waals surface area contributed by atoms with Crippen LogP contribution in [0.4, 0.5) is 0 Å². The fraction of sp³-hybridized carbons (Fsp3) is 0.953. The van der Waals surface area contributed by atoms with E-state index in [-0.39, 0.29) is 25.7 Å². The Morgan fingerprint density at radius 2 is 0.490 bits per heavy atom. The van der Waals surface area contributed by atoms with E-state index in [9.17, 15) is 43.2 Å². The van der Waals surface area contributed by atoms with Crippen molar-refractivity contribution in [1.29, 1.82) is 0 Å². The molecule has 0 aromatic rings. The molecule has 0 spiro atoms. The van der Waals surface area contributed by atoms with Crippen molar-refractivity contribution in [1.82, 2.24) is 0 Å². The number of aliphatic hydroxyl groups excluding tert-OH is 1. The van der Waals surface area contributed by atoms with E-state index in [0.29, 0.717) is 25.7 Å². The number of phosphoric acid groups is 2. The molecule has 17 nitrogen and oxygen atoms in total. The van der Waals surface area contributed by atoms with E-state index >= 15 is 0 Å². The molecule has 0 fully saturated rings. The van der Waals surface area contributed by atoms with Gasteiger partial charge in [0, 0.05) is 25.7 Å². The Kier molecular flexibility index (Phi) is 75.0. The van der Waals surface area contributed by atoms with E-state index in [4.69, 9.17) is 37.0 Å². The summed E-state index contributed by atoms with van der Waals surface area (Å²) < 4.78 is 68.9. The summed E-state index contributed by atoms with van der Waals surface area (Å²) in [7, 11) is -9.93. The molecule has 0 aromatic carbocycles. The molecular formula is C85H166O17P2. The van der Waals surface area contributed by atoms with Crippen molar-refractivity contribution >= 4 is 39.5 Å². The fourth-order valence-corrected chi connectivity index (χ4v) is 14.8. The average Bonchev–Trinajstić information content (AvgIpc) is 0.938. The van der Waals surface area contributed by atoms with E-state index in [1.54, 1.807) is 0 Å². The van der Waals surface area contributed by atoms with Crippen molar-refractivity contribution in [2.24, 2.45) is 11.8 Å². The number of hydrogen-bond acceptors (Lipinski definition) is 15. The van der Waals surface area contributed by atoms with Crippen LogP contribution in [0.5, 0.6) is 0 Å². The van der Waals surface area contributed by atoms with Crippen LogP contribution >= 0.6 is 15.6 Å². The third kappa shape index (κ3) is 76.8. The third-order valence-electron chi connectivity index (χ3n) is 20.3. The predicted octanol–water partition coefficient (Wildman–Crippen LogP) is 25.8. The molecule has 0 heterocycles. The van der Waals surface area contributed by atoms with Crippen molar-refractivity contribution in [3.63, 3.8) is 0 Å². The van der Waals surface area contributed by atoms with Crippen molar-refractivity contribution < 1.29 is 80.2 Å². The van der Waals surface area contributed by atoms with Gasteiger partial charge in [-0.3, -0.25) is 37.3 Å². The first kappa shape index (κ1) is 102. The van der Waals surface area contributed by atoms with Crippen LogP contribution < -0.4 is 0 Å². The van der Waals surface area contributed by atoms with E-state index < -0.39 is 97.5 Å². The number of carbonyl (C=O) groups excluding carboxylic acids is 4. The monoisotopic (exact) mass is 1520 g/mol. The van der Waals surface area contributed by atoms with E-state index in [2.05, 4.69) is 41.5 Å². The maximum absolute atomic E-state index is 13.1. The lowest BCUT2D eigenvalue weighted by atomic mass is 9.99. The second-order valence-corrected chi connectivity index (χ2v) is 34.2. The van der Waals surface area contributed by atoms with E-state index in [1.165, 1.54) is 270 Å². The zero-order chi connectivity index (χ0) is 76.4. The van der Waals surface area contributed by atoms with Gasteiger partial charge in [0.25, 0.3) is 0 Å². The number of unbranched alkanes of at least 4 members (excludes halogenated alkanes) is 53. The van der Waals surface area contributed by atoms with Crippen LogP contribution in [0.3, 0.4) is 0 Å². The standard InChI is InChI=1S/C85H166O17P2/c1-7-10-12-14-16-18-20-22-24-25-26-27-28-29-30-31-35-40-44-52-58-64-70-85(90)101-80(73-95-82(87)67-61-55-49-42-38-36-32-33-37-41-47-53-59-65-77(4)5)75-99-103(91,92)97-71-79(86)72-98-104(93,94)100-76-81(74-96-83(88)68-62-56-50-46-45-48-54-60-66-78(6)9-3)102-84(89)69-63-57-51-43-39-34-23-21-19-17-15-13-11-8-2/h77-81,86H,7-76H2,1-6H3,(H,91,92)(H,93,94)/t78?,79-,80-,81-/m1/s1. The second kappa shape index (κ2) is 76.4. The zero-order valence-electron chi connectivity index (χ0n) is 68.3. The number of ether oxygens (including phenoxy) is 4. The summed E-state index contributed by atoms with van der Waals surface area (Å²) in [6, 6.07) is 0. The summed E-state index contributed by atoms with van der Waals surface area (Å²) in [4.78, 5) is 73.2. The maximum Gasteiger partial charge on any atom is 0.472 e. The molecule has 0 aromatic heterocycles. The quantitative estimate of drug-likeness (QED) is 0.0222. The summed E-state index contributed by atoms with van der Waals surface area (Å²) in [6.07, 6.45) is 68.0. The highest BCUT2D eigenvalue weighted by molar-refractivity contribution is 7.47. The Hall–Kier alpha value is -1.94. The predicted molar refractivity (Wildman–Crippen MR) is 428 cm³/mol. The smallest absolute Gasteiger partial charge is 0.462 e. The summed E-state index contributed by atoms with van der Waals surface area (Å²) >= 11 is 0. The Bertz CT molecular complexity index is 2000. The molecule has 3 unspecified atom stereocenters. The topological polar surface area (TPSA) is 237 Å². The lowest BCUT2D eigenvalue weighted by molar-refractivity contribution is -0.161. The molecule has 0 amide bonds. The van der Waals surface area contributed by atoms with Gasteiger partial charge in [-0.2, -0.15) is 0 Å². The molecule has 0 saturated heterocycles. The summed E-state index contributed by atoms with van der Waals surface area (Å²) in [5, 5.41) is 10.7. The molecule has 0 saturated carbocycles. The first-order chi connectivity index (χ1) is 50.4. The molecule has 0 aliphatic rings. The molecule has 0 aliphatic carbocycles. The van der Waals surface area contributed by atoms with E-state index in [0.717, 1.165) is 102 Å². The Morgan fingerprint density at radius 3 is 0.731 bits per heavy atom. The average molecular weight is 1520 g/mol. The Labute approximate surface area is 638 Å². The van der Waals surface area contributed by atoms with Gasteiger partial charge in [-0.25, -0.2) is 9.13 Å². The lowest BCUT2D eigenvalue weighted by Crippen LogP contribution is -2.30. The molecule has 104 heavy (non-hydrogen) atoms. The van der Waals surface area contributed by atoms with Gasteiger partial charge in [-0.15, -0.1) is 0 Å². The number of hydrogen-bond donors (Lipinski definition) is 3. The van der Waals surface area contributed by atoms with Gasteiger partial charge in [-0.1, -0.05) is 401 Å². The molecule has 618 valence electrons. The van der Waals surface area contributed by atoms with Gasteiger partial charge >= 0.3 is 39.5 Å². The van der Waals surface area contributed by atoms with Crippen LogP contribution in [-0.2, 0) is 65.4 Å². The highest BCUT2D eigenvalue weighted by atomic mass is 31.2. The SMILES string of the molecule is CCCCCCCCCCCCCCCCCCCCCCCCC(=O)O[C@H](COC(=O)CCCCCCCCCCCCCCCC(C)C)COP(=O)(O)OC[C@@H](O)COP(=O)(O)OC[C@@H](COC(=O)CCCCCCCCCCC(C)CC)OC(=O)CCCCCCCCCCCCCCCC. The van der Waals surface area contributed by atoms with Crippen LogP contribution in [0.15, 0.2) is 0 Å². The summed E-state index contributed by atoms with van der Waals surface area (Å²) in [5.74, 6) is -0.535. The minimum atomic E-state index is -4.97. The molecule has 0 radical (unpaired) electrons. The van der Waals surface area contributed by atoms with Gasteiger partial charge in [0.1, 0.15) is 19.3 Å². The van der Waals surface area contributed by atoms with Gasteiger partial charge in [0.2, 0.25) is 0 Å². The minimum Gasteiger partial charge on any atom is -0.462 e. The van der Waals surface area contributed by atoms with Gasteiger partial charge in [0.05, 0.1) is 26.4 Å². The maximum atomic E-state index is 13.1. The largest absolute Gasteiger partial charge is 0.472 e. The molecule has 0 rings (SSSR count). The third-order valence-corrected chi connectivity index (χ3v) is 22.2. The van der Waals surface area contributed by atoms with Gasteiger partial charge in [0.15, 0.2) is 12.2 Å². The van der Waals surface area contributed by atoms with Crippen molar-refractivity contribution in [3.05, 3.63) is 0 Å². The summed E-state index contributed by atoms with van der Waals surface area (Å²) in [5.41, 5.74) is 0. The van der Waals surface area contributed by atoms with Crippen molar-refractivity contribution in [2.75, 3.05) is 39.6 Å². The lowest BCUT2D eigenvalue weighted by Gasteiger charge is -2.21. The van der Waals surface area contributed by atoms with Crippen LogP contribution in [0, 0.1) is 11.8 Å². The van der Waals surface area contributed by atoms with Crippen LogP contribution in [0.25, 0.3) is 0 Å². The molecule has 3 N–H and O–H groups in total. The number of carbonyl (C=O) groups is 4. The highest BCUT2D eigenvalue weighted by Crippen LogP contribution is 2.45. The molecule has 0 bridgehead atoms. The van der Waals surface area contributed by atoms with Gasteiger partial charge in [-0.05, 0) is 37.5 Å².